The summed E-state index contributed by atoms with van der Waals surface area (Å²) in [5.41, 5.74) is 9.10. The van der Waals surface area contributed by atoms with Crippen molar-refractivity contribution in [2.75, 3.05) is 31.5 Å². The maximum Gasteiger partial charge on any atom is 0.251 e. The highest BCUT2D eigenvalue weighted by Gasteiger charge is 2.24. The number of anilines is 1. The average molecular weight is 807 g/mol. The standard InChI is InChI=1S/C45H44ClN5O5.ClH/c1-5-47-34-24-37-30(22-27(34)3)23-33-38(54-37)25-35(48-6-2)28(4)42(33)31-16-10-11-17-32(31)45(53)50-21-13-12-20-49-41(52)26-39-43(29-14-8-7-9-15-29)44(51-56-39)36-18-19-40(46)55-36;/h7-11,14-19,22-25,48H,5-6,12-13,20-21,26H2,1-4H3,(H,49,52)(H,50,53);1H. The minimum Gasteiger partial charge on any atom is -0.456 e. The van der Waals surface area contributed by atoms with E-state index in [-0.39, 0.29) is 35.9 Å². The second-order valence-electron chi connectivity index (χ2n) is 13.6. The van der Waals surface area contributed by atoms with Gasteiger partial charge in [0.05, 0.1) is 17.3 Å². The number of hydrogen-bond acceptors (Lipinski definition) is 8. The molecule has 2 aliphatic rings. The molecule has 3 aromatic carbocycles. The van der Waals surface area contributed by atoms with Crippen molar-refractivity contribution in [1.82, 2.24) is 15.8 Å². The molecule has 7 rings (SSSR count). The predicted molar refractivity (Wildman–Crippen MR) is 228 cm³/mol. The number of furan rings is 1. The number of nitrogens with zero attached hydrogens (tertiary/aromatic N) is 2. The molecule has 10 nitrogen and oxygen atoms in total. The van der Waals surface area contributed by atoms with E-state index in [0.717, 1.165) is 67.7 Å². The van der Waals surface area contributed by atoms with Crippen LogP contribution in [-0.2, 0) is 11.2 Å². The SMILES string of the molecule is CCN=c1cc2oc3cc(NCC)c(C)c(-c4ccccc4C(=O)NCCCCNC(=O)Cc4onc(-c5ccc(Cl)o5)c4-c4ccccc4)c3cc-2cc1C.Cl. The smallest absolute Gasteiger partial charge is 0.251 e. The monoisotopic (exact) mass is 805 g/mol. The number of aryl methyl sites for hydroxylation is 1. The van der Waals surface area contributed by atoms with Crippen molar-refractivity contribution in [2.45, 2.75) is 47.0 Å². The first kappa shape index (κ1) is 40.8. The number of carbonyl (C=O) groups is 2. The molecule has 2 amide bonds. The zero-order valence-electron chi connectivity index (χ0n) is 32.3. The third kappa shape index (κ3) is 8.93. The molecule has 3 heterocycles. The third-order valence-corrected chi connectivity index (χ3v) is 9.94. The van der Waals surface area contributed by atoms with Gasteiger partial charge in [-0.3, -0.25) is 14.6 Å². The van der Waals surface area contributed by atoms with Gasteiger partial charge >= 0.3 is 0 Å². The highest BCUT2D eigenvalue weighted by Crippen LogP contribution is 2.41. The maximum atomic E-state index is 13.8. The van der Waals surface area contributed by atoms with E-state index < -0.39 is 0 Å². The molecule has 0 unspecified atom stereocenters. The van der Waals surface area contributed by atoms with Gasteiger partial charge in [-0.15, -0.1) is 12.4 Å². The van der Waals surface area contributed by atoms with Crippen LogP contribution in [0.15, 0.2) is 109 Å². The Labute approximate surface area is 342 Å². The van der Waals surface area contributed by atoms with Gasteiger partial charge in [0.15, 0.2) is 22.4 Å². The Morgan fingerprint density at radius 2 is 1.56 bits per heavy atom. The Morgan fingerprint density at radius 1 is 0.807 bits per heavy atom. The van der Waals surface area contributed by atoms with Gasteiger partial charge in [0.2, 0.25) is 5.91 Å². The van der Waals surface area contributed by atoms with E-state index >= 15 is 0 Å². The summed E-state index contributed by atoms with van der Waals surface area (Å²) in [5, 5.41) is 15.9. The van der Waals surface area contributed by atoms with Gasteiger partial charge in [0, 0.05) is 60.5 Å². The number of rotatable bonds is 14. The van der Waals surface area contributed by atoms with Crippen molar-refractivity contribution in [3.8, 4) is 45.0 Å². The Bertz CT molecular complexity index is 2560. The summed E-state index contributed by atoms with van der Waals surface area (Å²) < 4.78 is 17.8. The molecule has 0 bridgehead atoms. The van der Waals surface area contributed by atoms with Crippen LogP contribution in [0.1, 0.15) is 53.9 Å². The highest BCUT2D eigenvalue weighted by molar-refractivity contribution is 6.29. The topological polar surface area (TPSA) is 135 Å². The summed E-state index contributed by atoms with van der Waals surface area (Å²) in [6, 6.07) is 28.9. The van der Waals surface area contributed by atoms with Crippen molar-refractivity contribution < 1.29 is 22.9 Å². The summed E-state index contributed by atoms with van der Waals surface area (Å²) in [6.07, 6.45) is 1.34. The fourth-order valence-electron chi connectivity index (χ4n) is 7.08. The molecule has 0 spiro atoms. The van der Waals surface area contributed by atoms with Crippen LogP contribution in [0.25, 0.3) is 56.0 Å². The predicted octanol–water partition coefficient (Wildman–Crippen LogP) is 10.0. The van der Waals surface area contributed by atoms with E-state index in [1.54, 1.807) is 12.1 Å². The molecule has 0 saturated heterocycles. The lowest BCUT2D eigenvalue weighted by Gasteiger charge is -2.19. The van der Waals surface area contributed by atoms with E-state index in [9.17, 15) is 9.59 Å². The normalized spacial score (nSPS) is 11.5. The first-order valence-corrected chi connectivity index (χ1v) is 19.3. The van der Waals surface area contributed by atoms with Gasteiger partial charge in [-0.05, 0) is 110 Å². The Morgan fingerprint density at radius 3 is 2.30 bits per heavy atom. The number of unbranched alkanes of at least 4 members (excludes halogenated alkanes) is 1. The van der Waals surface area contributed by atoms with Crippen LogP contribution in [0, 0.1) is 13.8 Å². The second kappa shape index (κ2) is 18.4. The number of hydrogen-bond donors (Lipinski definition) is 3. The van der Waals surface area contributed by atoms with Crippen molar-refractivity contribution in [1.29, 1.82) is 0 Å². The van der Waals surface area contributed by atoms with E-state index in [1.165, 1.54) is 0 Å². The van der Waals surface area contributed by atoms with Crippen molar-refractivity contribution in [2.24, 2.45) is 4.99 Å². The molecule has 1 aliphatic heterocycles. The molecular weight excluding hydrogens is 761 g/mol. The van der Waals surface area contributed by atoms with Crippen LogP contribution in [0.5, 0.6) is 0 Å². The van der Waals surface area contributed by atoms with Crippen molar-refractivity contribution >= 4 is 52.5 Å². The summed E-state index contributed by atoms with van der Waals surface area (Å²) in [5.74, 6) is 1.27. The first-order valence-electron chi connectivity index (χ1n) is 19.0. The molecule has 3 N–H and O–H groups in total. The van der Waals surface area contributed by atoms with Crippen LogP contribution >= 0.6 is 24.0 Å². The lowest BCUT2D eigenvalue weighted by Crippen LogP contribution is -2.28. The molecular formula is C45H45Cl2N5O5. The number of benzene rings is 4. The molecule has 0 atom stereocenters. The molecule has 0 saturated carbocycles. The Balaban J connectivity index is 0.00000549. The fourth-order valence-corrected chi connectivity index (χ4v) is 7.23. The van der Waals surface area contributed by atoms with Crippen molar-refractivity contribution in [3.05, 3.63) is 124 Å². The molecule has 0 fully saturated rings. The Kier molecular flexibility index (Phi) is 13.2. The van der Waals surface area contributed by atoms with Gasteiger partial charge in [-0.1, -0.05) is 53.7 Å². The summed E-state index contributed by atoms with van der Waals surface area (Å²) in [7, 11) is 0. The van der Waals surface area contributed by atoms with E-state index in [0.29, 0.717) is 60.8 Å². The summed E-state index contributed by atoms with van der Waals surface area (Å²) in [6.45, 7) is 10.5. The molecule has 2 aromatic heterocycles. The molecule has 57 heavy (non-hydrogen) atoms. The fraction of sp³-hybridized carbons (Fsp3) is 0.244. The zero-order chi connectivity index (χ0) is 39.2. The minimum atomic E-state index is -0.200. The number of halogens is 2. The minimum absolute atomic E-state index is 0. The number of nitrogens with one attached hydrogen (secondary N) is 3. The molecule has 12 heteroatoms. The van der Waals surface area contributed by atoms with Gasteiger partial charge in [0.1, 0.15) is 11.3 Å². The molecule has 294 valence electrons. The number of carbonyl (C=O) groups excluding carboxylic acids is 2. The van der Waals surface area contributed by atoms with E-state index in [2.05, 4.69) is 59.0 Å². The van der Waals surface area contributed by atoms with E-state index in [1.807, 2.05) is 73.7 Å². The lowest BCUT2D eigenvalue weighted by molar-refractivity contribution is -0.120. The quantitative estimate of drug-likeness (QED) is 0.0736. The largest absolute Gasteiger partial charge is 0.456 e. The number of amides is 2. The van der Waals surface area contributed by atoms with Crippen LogP contribution in [-0.4, -0.2) is 43.2 Å². The molecule has 1 aliphatic carbocycles. The van der Waals surface area contributed by atoms with Gasteiger partial charge in [0.25, 0.3) is 5.91 Å². The highest BCUT2D eigenvalue weighted by atomic mass is 35.5. The van der Waals surface area contributed by atoms with Gasteiger partial charge in [-0.2, -0.15) is 0 Å². The zero-order valence-corrected chi connectivity index (χ0v) is 33.9. The third-order valence-electron chi connectivity index (χ3n) is 9.74. The maximum absolute atomic E-state index is 13.8. The van der Waals surface area contributed by atoms with Crippen LogP contribution < -0.4 is 21.3 Å². The second-order valence-corrected chi connectivity index (χ2v) is 14.0. The summed E-state index contributed by atoms with van der Waals surface area (Å²) >= 11 is 6.02. The number of aromatic nitrogens is 1. The van der Waals surface area contributed by atoms with Gasteiger partial charge < -0.3 is 29.3 Å². The van der Waals surface area contributed by atoms with Crippen LogP contribution in [0.2, 0.25) is 5.22 Å². The van der Waals surface area contributed by atoms with Gasteiger partial charge in [-0.25, -0.2) is 0 Å². The van der Waals surface area contributed by atoms with E-state index in [4.69, 9.17) is 25.0 Å². The van der Waals surface area contributed by atoms with Crippen molar-refractivity contribution in [3.63, 3.8) is 0 Å². The molecule has 5 aromatic rings. The molecule has 0 radical (unpaired) electrons. The first-order chi connectivity index (χ1) is 27.2. The Hall–Kier alpha value is -5.84. The average Bonchev–Trinajstić information content (AvgIpc) is 3.82. The summed E-state index contributed by atoms with van der Waals surface area (Å²) in [4.78, 5) is 31.5. The van der Waals surface area contributed by atoms with Crippen LogP contribution in [0.4, 0.5) is 5.69 Å². The van der Waals surface area contributed by atoms with Crippen LogP contribution in [0.3, 0.4) is 0 Å². The number of fused-ring (bicyclic) bond motifs is 2. The lowest BCUT2D eigenvalue weighted by atomic mass is 9.90.